The topological polar surface area (TPSA) is 142 Å². The van der Waals surface area contributed by atoms with Gasteiger partial charge in [0.25, 0.3) is 17.1 Å². The van der Waals surface area contributed by atoms with E-state index in [1.165, 1.54) is 36.4 Å². The highest BCUT2D eigenvalue weighted by Gasteiger charge is 2.13. The average molecular weight is 442 g/mol. The molecule has 0 spiro atoms. The summed E-state index contributed by atoms with van der Waals surface area (Å²) in [5.74, 6) is 0. The molecule has 4 aromatic rings. The molecule has 0 fully saturated rings. The van der Waals surface area contributed by atoms with Gasteiger partial charge in [0.2, 0.25) is 0 Å². The van der Waals surface area contributed by atoms with E-state index in [4.69, 9.17) is 0 Å². The lowest BCUT2D eigenvalue weighted by Crippen LogP contribution is -1.93. The van der Waals surface area contributed by atoms with Gasteiger partial charge in [-0.25, -0.2) is 4.98 Å². The van der Waals surface area contributed by atoms with Crippen LogP contribution in [-0.2, 0) is 0 Å². The predicted octanol–water partition coefficient (Wildman–Crippen LogP) is 5.81. The molecule has 10 heteroatoms. The van der Waals surface area contributed by atoms with E-state index >= 15 is 0 Å². The van der Waals surface area contributed by atoms with Crippen LogP contribution >= 0.6 is 0 Å². The number of non-ortho nitro benzene ring substituents is 3. The molecule has 0 atom stereocenters. The molecule has 162 valence electrons. The van der Waals surface area contributed by atoms with Gasteiger partial charge < -0.3 is 0 Å². The Morgan fingerprint density at radius 2 is 0.758 bits per heavy atom. The Morgan fingerprint density at radius 3 is 1.06 bits per heavy atom. The molecule has 1 aromatic heterocycles. The van der Waals surface area contributed by atoms with Crippen molar-refractivity contribution >= 4 is 17.1 Å². The highest BCUT2D eigenvalue weighted by atomic mass is 16.6. The monoisotopic (exact) mass is 442 g/mol. The Labute approximate surface area is 186 Å². The first-order valence-corrected chi connectivity index (χ1v) is 9.58. The van der Waals surface area contributed by atoms with Crippen LogP contribution in [0.4, 0.5) is 17.1 Å². The number of hydrogen-bond acceptors (Lipinski definition) is 7. The standard InChI is InChI=1S/C23H14N4O6/c28-25(29)19-7-1-15(2-8-19)18-13-22(16-3-9-20(10-4-16)26(30)31)24-23(14-18)17-5-11-21(12-6-17)27(32)33/h1-14H. The van der Waals surface area contributed by atoms with Gasteiger partial charge in [-0.3, -0.25) is 30.3 Å². The van der Waals surface area contributed by atoms with Crippen molar-refractivity contribution in [1.82, 2.24) is 4.98 Å². The zero-order valence-corrected chi connectivity index (χ0v) is 16.8. The van der Waals surface area contributed by atoms with Gasteiger partial charge in [0.05, 0.1) is 26.2 Å². The lowest BCUT2D eigenvalue weighted by molar-refractivity contribution is -0.385. The Bertz CT molecular complexity index is 1190. The third-order valence-corrected chi connectivity index (χ3v) is 4.98. The predicted molar refractivity (Wildman–Crippen MR) is 121 cm³/mol. The fourth-order valence-corrected chi connectivity index (χ4v) is 3.28. The summed E-state index contributed by atoms with van der Waals surface area (Å²) >= 11 is 0. The second-order valence-electron chi connectivity index (χ2n) is 7.04. The lowest BCUT2D eigenvalue weighted by atomic mass is 9.99. The molecule has 0 radical (unpaired) electrons. The number of hydrogen-bond donors (Lipinski definition) is 0. The Morgan fingerprint density at radius 1 is 0.455 bits per heavy atom. The summed E-state index contributed by atoms with van der Waals surface area (Å²) < 4.78 is 0. The van der Waals surface area contributed by atoms with Crippen LogP contribution in [0.5, 0.6) is 0 Å². The van der Waals surface area contributed by atoms with Gasteiger partial charge >= 0.3 is 0 Å². The first-order valence-electron chi connectivity index (χ1n) is 9.58. The molecule has 1 heterocycles. The fraction of sp³-hybridized carbons (Fsp3) is 0. The minimum atomic E-state index is -0.493. The van der Waals surface area contributed by atoms with Crippen molar-refractivity contribution in [3.63, 3.8) is 0 Å². The third kappa shape index (κ3) is 4.54. The quantitative estimate of drug-likeness (QED) is 0.271. The van der Waals surface area contributed by atoms with Gasteiger partial charge in [-0.2, -0.15) is 0 Å². The molecule has 0 saturated heterocycles. The van der Waals surface area contributed by atoms with Crippen LogP contribution in [0.15, 0.2) is 84.9 Å². The first kappa shape index (κ1) is 21.2. The number of benzene rings is 3. The Balaban J connectivity index is 1.84. The van der Waals surface area contributed by atoms with E-state index in [9.17, 15) is 30.3 Å². The maximum atomic E-state index is 11.0. The maximum Gasteiger partial charge on any atom is 0.269 e. The van der Waals surface area contributed by atoms with E-state index < -0.39 is 14.8 Å². The Hall–Kier alpha value is -4.99. The van der Waals surface area contributed by atoms with Crippen LogP contribution < -0.4 is 0 Å². The molecule has 0 unspecified atom stereocenters. The minimum Gasteiger partial charge on any atom is -0.258 e. The van der Waals surface area contributed by atoms with Gasteiger partial charge in [-0.05, 0) is 59.7 Å². The minimum absolute atomic E-state index is 0.0426. The molecule has 0 saturated carbocycles. The van der Waals surface area contributed by atoms with Gasteiger partial charge in [-0.15, -0.1) is 0 Å². The number of rotatable bonds is 6. The molecule has 10 nitrogen and oxygen atoms in total. The summed E-state index contributed by atoms with van der Waals surface area (Å²) in [6, 6.07) is 21.4. The zero-order valence-electron chi connectivity index (χ0n) is 16.8. The van der Waals surface area contributed by atoms with Crippen molar-refractivity contribution in [1.29, 1.82) is 0 Å². The van der Waals surface area contributed by atoms with Crippen molar-refractivity contribution in [2.24, 2.45) is 0 Å². The van der Waals surface area contributed by atoms with Crippen molar-refractivity contribution in [3.05, 3.63) is 115 Å². The van der Waals surface area contributed by atoms with Crippen LogP contribution in [0.2, 0.25) is 0 Å². The summed E-state index contributed by atoms with van der Waals surface area (Å²) in [5.41, 5.74) is 3.57. The second-order valence-corrected chi connectivity index (χ2v) is 7.04. The molecule has 0 N–H and O–H groups in total. The second kappa shape index (κ2) is 8.63. The zero-order chi connectivity index (χ0) is 23.5. The molecular formula is C23H14N4O6. The van der Waals surface area contributed by atoms with E-state index in [2.05, 4.69) is 4.98 Å². The van der Waals surface area contributed by atoms with Gasteiger partial charge in [0.15, 0.2) is 0 Å². The maximum absolute atomic E-state index is 11.0. The molecule has 0 bridgehead atoms. The number of nitro groups is 3. The normalized spacial score (nSPS) is 10.5. The average Bonchev–Trinajstić information content (AvgIpc) is 2.84. The van der Waals surface area contributed by atoms with E-state index in [1.54, 1.807) is 48.5 Å². The van der Waals surface area contributed by atoms with E-state index in [0.717, 1.165) is 0 Å². The van der Waals surface area contributed by atoms with E-state index in [0.29, 0.717) is 33.6 Å². The molecule has 0 amide bonds. The highest BCUT2D eigenvalue weighted by Crippen LogP contribution is 2.32. The van der Waals surface area contributed by atoms with Crippen molar-refractivity contribution in [3.8, 4) is 33.6 Å². The number of nitrogens with zero attached hydrogens (tertiary/aromatic N) is 4. The summed E-state index contributed by atoms with van der Waals surface area (Å²) in [6.07, 6.45) is 0. The van der Waals surface area contributed by atoms with Gasteiger partial charge in [0, 0.05) is 47.5 Å². The summed E-state index contributed by atoms with van der Waals surface area (Å²) in [7, 11) is 0. The number of nitro benzene ring substituents is 3. The molecular weight excluding hydrogens is 428 g/mol. The van der Waals surface area contributed by atoms with Crippen LogP contribution in [0.1, 0.15) is 0 Å². The summed E-state index contributed by atoms with van der Waals surface area (Å²) in [5, 5.41) is 32.9. The molecule has 0 aliphatic heterocycles. The van der Waals surface area contributed by atoms with E-state index in [1.807, 2.05) is 0 Å². The molecule has 3 aromatic carbocycles. The molecule has 0 aliphatic carbocycles. The van der Waals surface area contributed by atoms with Crippen LogP contribution in [0.3, 0.4) is 0 Å². The third-order valence-electron chi connectivity index (χ3n) is 4.98. The number of pyridine rings is 1. The van der Waals surface area contributed by atoms with Crippen molar-refractivity contribution in [2.45, 2.75) is 0 Å². The first-order chi connectivity index (χ1) is 15.8. The largest absolute Gasteiger partial charge is 0.269 e. The SMILES string of the molecule is O=[N+]([O-])c1ccc(-c2cc(-c3ccc([N+](=O)[O-])cc3)nc(-c3ccc([N+](=O)[O-])cc3)c2)cc1. The van der Waals surface area contributed by atoms with Crippen molar-refractivity contribution < 1.29 is 14.8 Å². The highest BCUT2D eigenvalue weighted by molar-refractivity contribution is 5.77. The smallest absolute Gasteiger partial charge is 0.258 e. The lowest BCUT2D eigenvalue weighted by Gasteiger charge is -2.10. The number of aromatic nitrogens is 1. The van der Waals surface area contributed by atoms with Crippen LogP contribution in [0.25, 0.3) is 33.6 Å². The van der Waals surface area contributed by atoms with Crippen LogP contribution in [0, 0.1) is 30.3 Å². The van der Waals surface area contributed by atoms with Gasteiger partial charge in [0.1, 0.15) is 0 Å². The summed E-state index contributed by atoms with van der Waals surface area (Å²) in [6.45, 7) is 0. The van der Waals surface area contributed by atoms with E-state index in [-0.39, 0.29) is 17.1 Å². The van der Waals surface area contributed by atoms with Gasteiger partial charge in [-0.1, -0.05) is 0 Å². The molecule has 0 aliphatic rings. The van der Waals surface area contributed by atoms with Crippen molar-refractivity contribution in [2.75, 3.05) is 0 Å². The fourth-order valence-electron chi connectivity index (χ4n) is 3.28. The Kier molecular flexibility index (Phi) is 5.56. The molecule has 4 rings (SSSR count). The summed E-state index contributed by atoms with van der Waals surface area (Å²) in [4.78, 5) is 36.1. The molecule has 33 heavy (non-hydrogen) atoms. The van der Waals surface area contributed by atoms with Crippen LogP contribution in [-0.4, -0.2) is 19.8 Å².